The Morgan fingerprint density at radius 3 is 2.67 bits per heavy atom. The van der Waals surface area contributed by atoms with E-state index in [2.05, 4.69) is 44.9 Å². The van der Waals surface area contributed by atoms with Gasteiger partial charge < -0.3 is 19.9 Å². The van der Waals surface area contributed by atoms with Gasteiger partial charge in [-0.15, -0.1) is 0 Å². The maximum atomic E-state index is 12.6. The Morgan fingerprint density at radius 2 is 1.93 bits per heavy atom. The number of aliphatic hydroxyl groups is 1. The number of halogens is 1. The number of aliphatic hydroxyl groups excluding tert-OH is 1. The number of hydrogen-bond acceptors (Lipinski definition) is 5. The van der Waals surface area contributed by atoms with Gasteiger partial charge in [0.2, 0.25) is 5.91 Å². The van der Waals surface area contributed by atoms with Gasteiger partial charge in [0.25, 0.3) is 0 Å². The summed E-state index contributed by atoms with van der Waals surface area (Å²) in [5.74, 6) is 0.0645. The third kappa shape index (κ3) is 5.15. The number of β-amino-alcohol motifs (C(OH)–C–C–N with tert-alkyl or cyclic N) is 1. The quantitative estimate of drug-likeness (QED) is 0.347. The van der Waals surface area contributed by atoms with Crippen LogP contribution in [0.15, 0.2) is 51.7 Å². The molecule has 4 aromatic rings. The van der Waals surface area contributed by atoms with Gasteiger partial charge >= 0.3 is 5.69 Å². The van der Waals surface area contributed by atoms with Crippen LogP contribution in [0.1, 0.15) is 42.6 Å². The summed E-state index contributed by atoms with van der Waals surface area (Å²) >= 11 is 3.58. The molecule has 2 N–H and O–H groups in total. The second-order valence-electron chi connectivity index (χ2n) is 11.1. The topological polar surface area (TPSA) is 99.4 Å². The van der Waals surface area contributed by atoms with Gasteiger partial charge in [0.15, 0.2) is 0 Å². The Bertz CT molecular complexity index is 1610. The van der Waals surface area contributed by atoms with Gasteiger partial charge in [-0.1, -0.05) is 34.1 Å². The van der Waals surface area contributed by atoms with E-state index >= 15 is 0 Å². The summed E-state index contributed by atoms with van der Waals surface area (Å²) < 4.78 is 4.90. The zero-order chi connectivity index (χ0) is 28.0. The number of benzene rings is 2. The summed E-state index contributed by atoms with van der Waals surface area (Å²) in [5.41, 5.74) is 6.97. The summed E-state index contributed by atoms with van der Waals surface area (Å²) in [5, 5.41) is 16.1. The number of piperidine rings is 1. The van der Waals surface area contributed by atoms with Crippen LogP contribution in [0.25, 0.3) is 22.3 Å². The number of H-pyrrole nitrogens is 1. The first kappa shape index (κ1) is 27.0. The molecular weight excluding hydrogens is 572 g/mol. The molecule has 2 aromatic carbocycles. The van der Waals surface area contributed by atoms with Crippen molar-refractivity contribution in [1.29, 1.82) is 0 Å². The first-order chi connectivity index (χ1) is 19.3. The molecule has 1 saturated heterocycles. The van der Waals surface area contributed by atoms with E-state index in [0.717, 1.165) is 75.9 Å². The Kier molecular flexibility index (Phi) is 7.41. The van der Waals surface area contributed by atoms with E-state index in [-0.39, 0.29) is 17.6 Å². The van der Waals surface area contributed by atoms with E-state index in [1.165, 1.54) is 0 Å². The zero-order valence-corrected chi connectivity index (χ0v) is 24.5. The number of fused-ring (bicyclic) bond motifs is 2. The van der Waals surface area contributed by atoms with Gasteiger partial charge in [0.05, 0.1) is 29.4 Å². The van der Waals surface area contributed by atoms with E-state index in [0.29, 0.717) is 26.2 Å². The lowest BCUT2D eigenvalue weighted by Crippen LogP contribution is -2.42. The Balaban J connectivity index is 1.16. The van der Waals surface area contributed by atoms with Crippen molar-refractivity contribution in [2.45, 2.75) is 58.3 Å². The van der Waals surface area contributed by atoms with Gasteiger partial charge in [0, 0.05) is 73.4 Å². The molecule has 0 radical (unpaired) electrons. The smallest absolute Gasteiger partial charge is 0.326 e. The van der Waals surface area contributed by atoms with Crippen molar-refractivity contribution in [2.75, 3.05) is 26.2 Å². The molecule has 10 heteroatoms. The normalized spacial score (nSPS) is 17.4. The lowest BCUT2D eigenvalue weighted by atomic mass is 9.99. The number of aryl methyl sites for hydroxylation is 1. The number of nitrogens with zero attached hydrogens (tertiary/aromatic N) is 5. The maximum absolute atomic E-state index is 12.6. The highest BCUT2D eigenvalue weighted by molar-refractivity contribution is 9.10. The van der Waals surface area contributed by atoms with Gasteiger partial charge in [-0.3, -0.25) is 14.0 Å². The highest BCUT2D eigenvalue weighted by Gasteiger charge is 2.29. The second kappa shape index (κ2) is 11.0. The first-order valence-electron chi connectivity index (χ1n) is 14.0. The third-order valence-electron chi connectivity index (χ3n) is 8.41. The fraction of sp³-hybridized carbons (Fsp3) is 0.433. The van der Waals surface area contributed by atoms with Crippen molar-refractivity contribution in [3.8, 4) is 11.3 Å². The minimum atomic E-state index is -0.582. The number of aromatic nitrogens is 4. The molecule has 0 bridgehead atoms. The van der Waals surface area contributed by atoms with Crippen molar-refractivity contribution in [3.05, 3.63) is 74.2 Å². The van der Waals surface area contributed by atoms with Crippen molar-refractivity contribution < 1.29 is 9.90 Å². The Morgan fingerprint density at radius 1 is 1.15 bits per heavy atom. The summed E-state index contributed by atoms with van der Waals surface area (Å²) in [6, 6.07) is 14.2. The van der Waals surface area contributed by atoms with Crippen LogP contribution >= 0.6 is 15.9 Å². The molecule has 1 amide bonds. The molecule has 1 unspecified atom stereocenters. The summed E-state index contributed by atoms with van der Waals surface area (Å²) in [6.45, 7) is 7.46. The monoisotopic (exact) mass is 606 g/mol. The second-order valence-corrected chi connectivity index (χ2v) is 12.0. The van der Waals surface area contributed by atoms with E-state index in [1.54, 1.807) is 6.92 Å². The molecular formula is C30H35BrN6O3. The number of aromatic amines is 1. The van der Waals surface area contributed by atoms with E-state index < -0.39 is 6.10 Å². The summed E-state index contributed by atoms with van der Waals surface area (Å²) in [7, 11) is 0. The molecule has 0 saturated carbocycles. The van der Waals surface area contributed by atoms with Gasteiger partial charge in [-0.05, 0) is 49.6 Å². The minimum absolute atomic E-state index is 0.0525. The third-order valence-corrected chi connectivity index (χ3v) is 9.30. The number of nitrogens with one attached hydrogen (secondary N) is 1. The van der Waals surface area contributed by atoms with Crippen molar-refractivity contribution in [2.24, 2.45) is 0 Å². The predicted molar refractivity (Wildman–Crippen MR) is 158 cm³/mol. The number of carbonyl (C=O) groups excluding carboxylic acids is 1. The number of imidazole rings is 1. The highest BCUT2D eigenvalue weighted by atomic mass is 79.9. The highest BCUT2D eigenvalue weighted by Crippen LogP contribution is 2.32. The van der Waals surface area contributed by atoms with Crippen LogP contribution in [0.5, 0.6) is 0 Å². The summed E-state index contributed by atoms with van der Waals surface area (Å²) in [6.07, 6.45) is 1.86. The van der Waals surface area contributed by atoms with E-state index in [1.807, 2.05) is 44.5 Å². The molecule has 40 heavy (non-hydrogen) atoms. The van der Waals surface area contributed by atoms with Crippen LogP contribution in [-0.2, 0) is 24.3 Å². The number of hydrogen-bond donors (Lipinski definition) is 2. The van der Waals surface area contributed by atoms with Crippen LogP contribution in [0.4, 0.5) is 0 Å². The van der Waals surface area contributed by atoms with E-state index in [4.69, 9.17) is 5.10 Å². The lowest BCUT2D eigenvalue weighted by Gasteiger charge is -2.33. The molecule has 4 heterocycles. The predicted octanol–water partition coefficient (Wildman–Crippen LogP) is 3.87. The average Bonchev–Trinajstić information content (AvgIpc) is 3.47. The number of likely N-dealkylation sites (tertiary alicyclic amines) is 1. The fourth-order valence-corrected chi connectivity index (χ4v) is 6.53. The molecule has 2 aliphatic rings. The van der Waals surface area contributed by atoms with E-state index in [9.17, 15) is 14.7 Å². The average molecular weight is 608 g/mol. The standard InChI is InChI=1S/C30H35BrN6O3/c1-19-15-21(7-8-25(19)31)29-24-18-35(20(2)38)14-11-27(24)36(33-29)17-23(39)16-34-12-9-22(10-13-34)37-28-6-4-3-5-26(28)32-30(37)40/h3-8,15,22-23,39H,9-14,16-18H2,1-2H3,(H,32,40). The minimum Gasteiger partial charge on any atom is -0.390 e. The first-order valence-corrected chi connectivity index (χ1v) is 14.8. The van der Waals surface area contributed by atoms with Gasteiger partial charge in [0.1, 0.15) is 0 Å². The fourth-order valence-electron chi connectivity index (χ4n) is 6.29. The molecule has 210 valence electrons. The molecule has 1 fully saturated rings. The van der Waals surface area contributed by atoms with Crippen LogP contribution in [0.3, 0.4) is 0 Å². The van der Waals surface area contributed by atoms with Crippen molar-refractivity contribution >= 4 is 32.9 Å². The SMILES string of the molecule is CC(=O)N1CCc2c(c(-c3ccc(Br)c(C)c3)nn2CC(O)CN2CCC(n3c(=O)[nH]c4ccccc43)CC2)C1. The number of carbonyl (C=O) groups is 1. The summed E-state index contributed by atoms with van der Waals surface area (Å²) in [4.78, 5) is 31.9. The zero-order valence-electron chi connectivity index (χ0n) is 22.9. The van der Waals surface area contributed by atoms with Crippen LogP contribution < -0.4 is 5.69 Å². The molecule has 6 rings (SSSR count). The van der Waals surface area contributed by atoms with Crippen LogP contribution in [0.2, 0.25) is 0 Å². The van der Waals surface area contributed by atoms with Crippen molar-refractivity contribution in [1.82, 2.24) is 29.1 Å². The number of rotatable bonds is 6. The largest absolute Gasteiger partial charge is 0.390 e. The molecule has 1 atom stereocenters. The maximum Gasteiger partial charge on any atom is 0.326 e. The van der Waals surface area contributed by atoms with Crippen molar-refractivity contribution in [3.63, 3.8) is 0 Å². The lowest BCUT2D eigenvalue weighted by molar-refractivity contribution is -0.129. The van der Waals surface area contributed by atoms with Crippen LogP contribution in [-0.4, -0.2) is 72.4 Å². The Labute approximate surface area is 241 Å². The van der Waals surface area contributed by atoms with Gasteiger partial charge in [-0.2, -0.15) is 5.10 Å². The molecule has 2 aromatic heterocycles. The molecule has 9 nitrogen and oxygen atoms in total. The van der Waals surface area contributed by atoms with Crippen LogP contribution in [0, 0.1) is 6.92 Å². The molecule has 0 aliphatic carbocycles. The molecule has 0 spiro atoms. The number of para-hydroxylation sites is 2. The number of amides is 1. The Hall–Kier alpha value is -3.21. The van der Waals surface area contributed by atoms with Gasteiger partial charge in [-0.25, -0.2) is 4.79 Å². The molecule has 2 aliphatic heterocycles.